The number of Topliss-reactive ketones (excluding diaryl/α,β-unsaturated/α-hetero) is 2. The molecular weight excluding hydrogens is 306 g/mol. The van der Waals surface area contributed by atoms with E-state index in [2.05, 4.69) is 17.1 Å². The van der Waals surface area contributed by atoms with Crippen molar-refractivity contribution in [3.8, 4) is 0 Å². The Morgan fingerprint density at radius 2 is 1.74 bits per heavy atom. The van der Waals surface area contributed by atoms with Gasteiger partial charge in [0.25, 0.3) is 0 Å². The van der Waals surface area contributed by atoms with Gasteiger partial charge in [-0.3, -0.25) is 9.59 Å². The predicted molar refractivity (Wildman–Crippen MR) is 92.9 cm³/mol. The summed E-state index contributed by atoms with van der Waals surface area (Å²) < 4.78 is 1.06. The van der Waals surface area contributed by atoms with Gasteiger partial charge in [-0.25, -0.2) is 4.98 Å². The van der Waals surface area contributed by atoms with Crippen LogP contribution in [0.5, 0.6) is 0 Å². The van der Waals surface area contributed by atoms with Crippen LogP contribution in [0.25, 0.3) is 21.0 Å². The second kappa shape index (κ2) is 4.96. The number of fused-ring (bicyclic) bond motifs is 3. The molecule has 23 heavy (non-hydrogen) atoms. The highest BCUT2D eigenvalue weighted by atomic mass is 32.1. The highest BCUT2D eigenvalue weighted by Crippen LogP contribution is 2.41. The first-order valence-electron chi connectivity index (χ1n) is 7.78. The van der Waals surface area contributed by atoms with Crippen LogP contribution in [-0.4, -0.2) is 16.6 Å². The molecule has 4 rings (SSSR count). The number of carbonyl (C=O) groups excluding carboxylic acids is 2. The van der Waals surface area contributed by atoms with Gasteiger partial charge < -0.3 is 0 Å². The zero-order valence-corrected chi connectivity index (χ0v) is 13.9. The van der Waals surface area contributed by atoms with Crippen molar-refractivity contribution in [3.63, 3.8) is 0 Å². The normalized spacial score (nSPS) is 18.9. The van der Waals surface area contributed by atoms with Gasteiger partial charge in [0.05, 0.1) is 10.2 Å². The Balaban J connectivity index is 1.85. The summed E-state index contributed by atoms with van der Waals surface area (Å²) in [5.41, 5.74) is 0.641. The molecule has 2 aromatic carbocycles. The van der Waals surface area contributed by atoms with Crippen molar-refractivity contribution in [2.24, 2.45) is 5.41 Å². The monoisotopic (exact) mass is 323 g/mol. The molecule has 0 saturated heterocycles. The molecule has 0 N–H and O–H groups in total. The second-order valence-electron chi connectivity index (χ2n) is 7.07. The number of nitrogens with zero attached hydrogens (tertiary/aromatic N) is 1. The number of hydrogen-bond donors (Lipinski definition) is 0. The first-order chi connectivity index (χ1) is 10.9. The van der Waals surface area contributed by atoms with Crippen LogP contribution >= 0.6 is 11.3 Å². The van der Waals surface area contributed by atoms with Crippen LogP contribution in [0.15, 0.2) is 36.4 Å². The lowest BCUT2D eigenvalue weighted by molar-refractivity contribution is -0.135. The fraction of sp³-hybridized carbons (Fsp3) is 0.316. The molecular formula is C19H17NO2S. The maximum Gasteiger partial charge on any atom is 0.150 e. The SMILES string of the molecule is CC1(C)CC(=O)C(c2nc3ccc4ccccc4c3s2)C(=O)C1. The molecule has 0 radical (unpaired) electrons. The van der Waals surface area contributed by atoms with Gasteiger partial charge in [0.15, 0.2) is 11.6 Å². The maximum absolute atomic E-state index is 12.5. The standard InChI is InChI=1S/C19H17NO2S/c1-19(2)9-14(21)16(15(22)10-19)18-20-13-8-7-11-5-3-4-6-12(11)17(13)23-18/h3-8,16H,9-10H2,1-2H3. The topological polar surface area (TPSA) is 47.0 Å². The van der Waals surface area contributed by atoms with E-state index in [0.717, 1.165) is 21.0 Å². The minimum atomic E-state index is -0.667. The predicted octanol–water partition coefficient (Wildman–Crippen LogP) is 4.49. The molecule has 4 heteroatoms. The number of benzene rings is 2. The lowest BCUT2D eigenvalue weighted by Crippen LogP contribution is -2.35. The lowest BCUT2D eigenvalue weighted by atomic mass is 9.72. The molecule has 1 aliphatic rings. The second-order valence-corrected chi connectivity index (χ2v) is 8.10. The quantitative estimate of drug-likeness (QED) is 0.620. The van der Waals surface area contributed by atoms with E-state index in [0.29, 0.717) is 17.8 Å². The molecule has 0 aliphatic heterocycles. The van der Waals surface area contributed by atoms with Crippen molar-refractivity contribution < 1.29 is 9.59 Å². The van der Waals surface area contributed by atoms with Crippen LogP contribution in [0, 0.1) is 5.41 Å². The number of rotatable bonds is 1. The molecule has 1 aliphatic carbocycles. The third-order valence-electron chi connectivity index (χ3n) is 4.49. The summed E-state index contributed by atoms with van der Waals surface area (Å²) in [5.74, 6) is -0.650. The van der Waals surface area contributed by atoms with E-state index < -0.39 is 5.92 Å². The van der Waals surface area contributed by atoms with E-state index in [1.165, 1.54) is 11.3 Å². The molecule has 3 aromatic rings. The van der Waals surface area contributed by atoms with Gasteiger partial charge in [0.2, 0.25) is 0 Å². The van der Waals surface area contributed by atoms with Crippen LogP contribution < -0.4 is 0 Å². The van der Waals surface area contributed by atoms with Crippen molar-refractivity contribution >= 4 is 43.9 Å². The minimum Gasteiger partial charge on any atom is -0.298 e. The summed E-state index contributed by atoms with van der Waals surface area (Å²) in [7, 11) is 0. The third-order valence-corrected chi connectivity index (χ3v) is 5.66. The summed E-state index contributed by atoms with van der Waals surface area (Å²) in [6, 6.07) is 12.1. The van der Waals surface area contributed by atoms with E-state index in [1.807, 2.05) is 38.1 Å². The lowest BCUT2D eigenvalue weighted by Gasteiger charge is -2.31. The Labute approximate surface area is 138 Å². The third kappa shape index (κ3) is 2.38. The Kier molecular flexibility index (Phi) is 3.13. The summed E-state index contributed by atoms with van der Waals surface area (Å²) >= 11 is 1.49. The average Bonchev–Trinajstić information content (AvgIpc) is 2.89. The van der Waals surface area contributed by atoms with Gasteiger partial charge in [-0.1, -0.05) is 44.2 Å². The van der Waals surface area contributed by atoms with Crippen LogP contribution in [0.1, 0.15) is 37.6 Å². The zero-order chi connectivity index (χ0) is 16.2. The molecule has 1 heterocycles. The molecule has 0 unspecified atom stereocenters. The Morgan fingerprint density at radius 1 is 1.04 bits per heavy atom. The Hall–Kier alpha value is -2.07. The first kappa shape index (κ1) is 14.5. The molecule has 0 spiro atoms. The fourth-order valence-corrected chi connectivity index (χ4v) is 4.71. The average molecular weight is 323 g/mol. The molecule has 1 aromatic heterocycles. The van der Waals surface area contributed by atoms with E-state index in [9.17, 15) is 9.59 Å². The van der Waals surface area contributed by atoms with E-state index in [4.69, 9.17) is 0 Å². The van der Waals surface area contributed by atoms with Crippen molar-refractivity contribution in [1.82, 2.24) is 4.98 Å². The largest absolute Gasteiger partial charge is 0.298 e. The highest BCUT2D eigenvalue weighted by Gasteiger charge is 2.41. The molecule has 0 amide bonds. The minimum absolute atomic E-state index is 0.00890. The number of thiazole rings is 1. The van der Waals surface area contributed by atoms with Crippen molar-refractivity contribution in [2.45, 2.75) is 32.6 Å². The smallest absolute Gasteiger partial charge is 0.150 e. The van der Waals surface area contributed by atoms with Gasteiger partial charge in [0.1, 0.15) is 10.9 Å². The Bertz CT molecular complexity index is 934. The molecule has 1 saturated carbocycles. The summed E-state index contributed by atoms with van der Waals surface area (Å²) in [6.45, 7) is 3.95. The summed E-state index contributed by atoms with van der Waals surface area (Å²) in [5, 5.41) is 2.93. The van der Waals surface area contributed by atoms with Gasteiger partial charge in [-0.2, -0.15) is 0 Å². The number of carbonyl (C=O) groups is 2. The van der Waals surface area contributed by atoms with Crippen LogP contribution in [-0.2, 0) is 9.59 Å². The van der Waals surface area contributed by atoms with Gasteiger partial charge in [0, 0.05) is 18.2 Å². The van der Waals surface area contributed by atoms with Crippen LogP contribution in [0.2, 0.25) is 0 Å². The van der Waals surface area contributed by atoms with Crippen LogP contribution in [0.4, 0.5) is 0 Å². The van der Waals surface area contributed by atoms with Crippen LogP contribution in [0.3, 0.4) is 0 Å². The number of aromatic nitrogens is 1. The van der Waals surface area contributed by atoms with Gasteiger partial charge in [-0.15, -0.1) is 11.3 Å². The maximum atomic E-state index is 12.5. The van der Waals surface area contributed by atoms with Gasteiger partial charge in [-0.05, 0) is 16.9 Å². The first-order valence-corrected chi connectivity index (χ1v) is 8.60. The molecule has 0 bridgehead atoms. The molecule has 116 valence electrons. The van der Waals surface area contributed by atoms with Crippen molar-refractivity contribution in [2.75, 3.05) is 0 Å². The fourth-order valence-electron chi connectivity index (χ4n) is 3.46. The van der Waals surface area contributed by atoms with Crippen molar-refractivity contribution in [3.05, 3.63) is 41.4 Å². The van der Waals surface area contributed by atoms with E-state index in [1.54, 1.807) is 0 Å². The summed E-state index contributed by atoms with van der Waals surface area (Å²) in [4.78, 5) is 29.6. The molecule has 0 atom stereocenters. The molecule has 1 fully saturated rings. The number of ketones is 2. The van der Waals surface area contributed by atoms with Gasteiger partial charge >= 0.3 is 0 Å². The zero-order valence-electron chi connectivity index (χ0n) is 13.1. The van der Waals surface area contributed by atoms with Crippen molar-refractivity contribution in [1.29, 1.82) is 0 Å². The van der Waals surface area contributed by atoms with E-state index >= 15 is 0 Å². The summed E-state index contributed by atoms with van der Waals surface area (Å²) in [6.07, 6.45) is 0.889. The highest BCUT2D eigenvalue weighted by molar-refractivity contribution is 7.19. The molecule has 3 nitrogen and oxygen atoms in total. The Morgan fingerprint density at radius 3 is 2.48 bits per heavy atom. The van der Waals surface area contributed by atoms with E-state index in [-0.39, 0.29) is 17.0 Å². The number of hydrogen-bond acceptors (Lipinski definition) is 4.